The van der Waals surface area contributed by atoms with Gasteiger partial charge in [-0.15, -0.1) is 0 Å². The maximum atomic E-state index is 12.1. The summed E-state index contributed by atoms with van der Waals surface area (Å²) in [5, 5.41) is 8.46. The minimum atomic E-state index is 0.0271. The molecule has 0 aliphatic rings. The normalized spacial score (nSPS) is 11.6. The van der Waals surface area contributed by atoms with Crippen molar-refractivity contribution in [3.8, 4) is 0 Å². The quantitative estimate of drug-likeness (QED) is 0.863. The molecular weight excluding hydrogens is 328 g/mol. The second-order valence-electron chi connectivity index (χ2n) is 6.12. The average Bonchev–Trinajstić information content (AvgIpc) is 2.41. The lowest BCUT2D eigenvalue weighted by Gasteiger charge is -2.20. The first-order valence-electron chi connectivity index (χ1n) is 7.09. The zero-order valence-electron chi connectivity index (χ0n) is 12.7. The van der Waals surface area contributed by atoms with Crippen molar-refractivity contribution < 1.29 is 4.79 Å². The van der Waals surface area contributed by atoms with E-state index in [4.69, 9.17) is 0 Å². The molecule has 0 bridgehead atoms. The van der Waals surface area contributed by atoms with E-state index in [2.05, 4.69) is 47.3 Å². The Morgan fingerprint density at radius 1 is 1.10 bits per heavy atom. The van der Waals surface area contributed by atoms with E-state index in [0.29, 0.717) is 13.0 Å². The number of benzene rings is 2. The number of halogens is 1. The molecular formula is C17H21BrN2O. The molecule has 0 aliphatic heterocycles. The van der Waals surface area contributed by atoms with E-state index in [0.717, 1.165) is 20.9 Å². The average molecular weight is 349 g/mol. The van der Waals surface area contributed by atoms with Crippen molar-refractivity contribution in [3.05, 3.63) is 40.9 Å². The molecule has 2 aromatic rings. The van der Waals surface area contributed by atoms with Gasteiger partial charge in [-0.2, -0.15) is 0 Å². The fourth-order valence-electron chi connectivity index (χ4n) is 2.14. The van der Waals surface area contributed by atoms with Crippen molar-refractivity contribution in [1.82, 2.24) is 5.32 Å². The lowest BCUT2D eigenvalue weighted by molar-refractivity contribution is -0.116. The number of hydrogen-bond acceptors (Lipinski definition) is 2. The highest BCUT2D eigenvalue weighted by atomic mass is 79.9. The van der Waals surface area contributed by atoms with Crippen LogP contribution in [0.3, 0.4) is 0 Å². The van der Waals surface area contributed by atoms with E-state index >= 15 is 0 Å². The largest absolute Gasteiger partial charge is 0.325 e. The molecule has 1 amide bonds. The standard InChI is InChI=1S/C17H21BrN2O/c1-17(2,3)19-11-10-16(21)20-15-9-8-14(18)12-6-4-5-7-13(12)15/h4-9,19H,10-11H2,1-3H3,(H,20,21). The molecule has 21 heavy (non-hydrogen) atoms. The van der Waals surface area contributed by atoms with Gasteiger partial charge in [-0.25, -0.2) is 0 Å². The highest BCUT2D eigenvalue weighted by Gasteiger charge is 2.11. The monoisotopic (exact) mass is 348 g/mol. The van der Waals surface area contributed by atoms with Crippen molar-refractivity contribution in [2.45, 2.75) is 32.7 Å². The van der Waals surface area contributed by atoms with Crippen LogP contribution in [0, 0.1) is 0 Å². The zero-order valence-corrected chi connectivity index (χ0v) is 14.3. The van der Waals surface area contributed by atoms with Crippen molar-refractivity contribution in [2.24, 2.45) is 0 Å². The summed E-state index contributed by atoms with van der Waals surface area (Å²) in [7, 11) is 0. The number of anilines is 1. The molecule has 0 heterocycles. The molecule has 0 unspecified atom stereocenters. The summed E-state index contributed by atoms with van der Waals surface area (Å²) in [4.78, 5) is 12.1. The molecule has 2 N–H and O–H groups in total. The van der Waals surface area contributed by atoms with Gasteiger partial charge in [0, 0.05) is 34.1 Å². The van der Waals surface area contributed by atoms with E-state index in [1.165, 1.54) is 0 Å². The number of fused-ring (bicyclic) bond motifs is 1. The van der Waals surface area contributed by atoms with Crippen LogP contribution in [0.25, 0.3) is 10.8 Å². The fourth-order valence-corrected chi connectivity index (χ4v) is 2.61. The highest BCUT2D eigenvalue weighted by Crippen LogP contribution is 2.29. The predicted octanol–water partition coefficient (Wildman–Crippen LogP) is 4.32. The maximum absolute atomic E-state index is 12.1. The summed E-state index contributed by atoms with van der Waals surface area (Å²) in [5.41, 5.74) is 0.888. The van der Waals surface area contributed by atoms with Crippen LogP contribution in [0.2, 0.25) is 0 Å². The Labute approximate surface area is 134 Å². The van der Waals surface area contributed by atoms with Gasteiger partial charge in [0.2, 0.25) is 5.91 Å². The van der Waals surface area contributed by atoms with Crippen LogP contribution in [0.4, 0.5) is 5.69 Å². The third kappa shape index (κ3) is 4.55. The molecule has 0 saturated carbocycles. The van der Waals surface area contributed by atoms with Gasteiger partial charge in [-0.05, 0) is 38.3 Å². The minimum absolute atomic E-state index is 0.0271. The summed E-state index contributed by atoms with van der Waals surface area (Å²) < 4.78 is 1.03. The van der Waals surface area contributed by atoms with E-state index in [9.17, 15) is 4.79 Å². The molecule has 0 atom stereocenters. The van der Waals surface area contributed by atoms with E-state index in [1.54, 1.807) is 0 Å². The van der Waals surface area contributed by atoms with Crippen molar-refractivity contribution in [1.29, 1.82) is 0 Å². The van der Waals surface area contributed by atoms with Gasteiger partial charge in [0.25, 0.3) is 0 Å². The SMILES string of the molecule is CC(C)(C)NCCC(=O)Nc1ccc(Br)c2ccccc12. The Kier molecular flexibility index (Phi) is 5.01. The molecule has 112 valence electrons. The Balaban J connectivity index is 2.06. The summed E-state index contributed by atoms with van der Waals surface area (Å²) in [6.45, 7) is 6.94. The molecule has 0 aromatic heterocycles. The van der Waals surface area contributed by atoms with Crippen LogP contribution >= 0.6 is 15.9 Å². The molecule has 0 aliphatic carbocycles. The van der Waals surface area contributed by atoms with Crippen LogP contribution in [-0.4, -0.2) is 18.0 Å². The Morgan fingerprint density at radius 2 is 1.76 bits per heavy atom. The Bertz CT molecular complexity index is 647. The van der Waals surface area contributed by atoms with Gasteiger partial charge in [0.05, 0.1) is 0 Å². The third-order valence-electron chi connectivity index (χ3n) is 3.15. The van der Waals surface area contributed by atoms with Crippen LogP contribution in [0.15, 0.2) is 40.9 Å². The lowest BCUT2D eigenvalue weighted by atomic mass is 10.1. The van der Waals surface area contributed by atoms with Crippen LogP contribution in [0.1, 0.15) is 27.2 Å². The summed E-state index contributed by atoms with van der Waals surface area (Å²) >= 11 is 3.54. The molecule has 0 saturated heterocycles. The van der Waals surface area contributed by atoms with Crippen molar-refractivity contribution in [2.75, 3.05) is 11.9 Å². The molecule has 3 nitrogen and oxygen atoms in total. The van der Waals surface area contributed by atoms with E-state index < -0.39 is 0 Å². The zero-order chi connectivity index (χ0) is 15.5. The molecule has 2 rings (SSSR count). The van der Waals surface area contributed by atoms with E-state index in [1.807, 2.05) is 36.4 Å². The Morgan fingerprint density at radius 3 is 2.43 bits per heavy atom. The highest BCUT2D eigenvalue weighted by molar-refractivity contribution is 9.10. The topological polar surface area (TPSA) is 41.1 Å². The second kappa shape index (κ2) is 6.58. The first-order chi connectivity index (χ1) is 9.87. The number of carbonyl (C=O) groups is 1. The van der Waals surface area contributed by atoms with Crippen LogP contribution < -0.4 is 10.6 Å². The van der Waals surface area contributed by atoms with E-state index in [-0.39, 0.29) is 11.4 Å². The molecule has 4 heteroatoms. The Hall–Kier alpha value is -1.39. The predicted molar refractivity (Wildman–Crippen MR) is 92.7 cm³/mol. The van der Waals surface area contributed by atoms with Gasteiger partial charge < -0.3 is 10.6 Å². The van der Waals surface area contributed by atoms with Gasteiger partial charge in [-0.1, -0.05) is 40.2 Å². The number of nitrogens with one attached hydrogen (secondary N) is 2. The van der Waals surface area contributed by atoms with Crippen molar-refractivity contribution >= 4 is 38.3 Å². The molecule has 0 radical (unpaired) electrons. The maximum Gasteiger partial charge on any atom is 0.225 e. The van der Waals surface area contributed by atoms with Gasteiger partial charge in [0.1, 0.15) is 0 Å². The molecule has 2 aromatic carbocycles. The van der Waals surface area contributed by atoms with Crippen LogP contribution in [-0.2, 0) is 4.79 Å². The lowest BCUT2D eigenvalue weighted by Crippen LogP contribution is -2.37. The number of carbonyl (C=O) groups excluding carboxylic acids is 1. The smallest absolute Gasteiger partial charge is 0.225 e. The summed E-state index contributed by atoms with van der Waals surface area (Å²) in [5.74, 6) is 0.0271. The van der Waals surface area contributed by atoms with Gasteiger partial charge >= 0.3 is 0 Å². The number of amides is 1. The second-order valence-corrected chi connectivity index (χ2v) is 6.97. The van der Waals surface area contributed by atoms with Gasteiger partial charge in [-0.3, -0.25) is 4.79 Å². The first-order valence-corrected chi connectivity index (χ1v) is 7.88. The molecule has 0 spiro atoms. The third-order valence-corrected chi connectivity index (χ3v) is 3.84. The van der Waals surface area contributed by atoms with Gasteiger partial charge in [0.15, 0.2) is 0 Å². The summed E-state index contributed by atoms with van der Waals surface area (Å²) in [6, 6.07) is 11.9. The number of hydrogen-bond donors (Lipinski definition) is 2. The van der Waals surface area contributed by atoms with Crippen molar-refractivity contribution in [3.63, 3.8) is 0 Å². The van der Waals surface area contributed by atoms with Crippen LogP contribution in [0.5, 0.6) is 0 Å². The number of rotatable bonds is 4. The summed E-state index contributed by atoms with van der Waals surface area (Å²) in [6.07, 6.45) is 0.460. The minimum Gasteiger partial charge on any atom is -0.325 e. The molecule has 0 fully saturated rings. The fraction of sp³-hybridized carbons (Fsp3) is 0.353. The first kappa shape index (κ1) is 16.0.